The number of halogens is 1. The Labute approximate surface area is 147 Å². The van der Waals surface area contributed by atoms with Crippen LogP contribution >= 0.6 is 0 Å². The van der Waals surface area contributed by atoms with Gasteiger partial charge in [-0.2, -0.15) is 0 Å². The maximum atomic E-state index is 13.2. The van der Waals surface area contributed by atoms with Crippen LogP contribution in [0.5, 0.6) is 0 Å². The number of nitrogens with zero attached hydrogens (tertiary/aromatic N) is 3. The number of benzene rings is 1. The van der Waals surface area contributed by atoms with Gasteiger partial charge in [0.25, 0.3) is 5.56 Å². The van der Waals surface area contributed by atoms with E-state index in [2.05, 4.69) is 0 Å². The molecule has 0 bridgehead atoms. The monoisotopic (exact) mass is 363 g/mol. The fourth-order valence-corrected chi connectivity index (χ4v) is 2.63. The van der Waals surface area contributed by atoms with Gasteiger partial charge in [-0.15, -0.1) is 0 Å². The first-order valence-corrected chi connectivity index (χ1v) is 7.91. The van der Waals surface area contributed by atoms with Crippen molar-refractivity contribution in [2.75, 3.05) is 13.1 Å². The molecule has 26 heavy (non-hydrogen) atoms. The van der Waals surface area contributed by atoms with Crippen LogP contribution in [0.15, 0.2) is 33.9 Å². The van der Waals surface area contributed by atoms with Gasteiger partial charge in [-0.3, -0.25) is 4.79 Å². The summed E-state index contributed by atoms with van der Waals surface area (Å²) in [6, 6.07) is 3.63. The third-order valence-electron chi connectivity index (χ3n) is 4.02. The maximum Gasteiger partial charge on any atom is 0.344 e. The van der Waals surface area contributed by atoms with Crippen molar-refractivity contribution in [1.29, 1.82) is 0 Å². The molecule has 1 aromatic carbocycles. The molecular weight excluding hydrogens is 345 g/mol. The Morgan fingerprint density at radius 2 is 1.65 bits per heavy atom. The van der Waals surface area contributed by atoms with Crippen molar-refractivity contribution >= 4 is 12.0 Å². The highest BCUT2D eigenvalue weighted by Crippen LogP contribution is 2.09. The smallest absolute Gasteiger partial charge is 0.344 e. The van der Waals surface area contributed by atoms with E-state index in [4.69, 9.17) is 0 Å². The topological polar surface area (TPSA) is 102 Å². The lowest BCUT2D eigenvalue weighted by Gasteiger charge is -2.22. The minimum Gasteiger partial charge on any atom is -0.477 e. The van der Waals surface area contributed by atoms with Crippen LogP contribution < -0.4 is 11.2 Å². The summed E-state index contributed by atoms with van der Waals surface area (Å²) in [6.07, 6.45) is 0. The molecule has 8 nitrogen and oxygen atoms in total. The molecule has 1 N–H and O–H groups in total. The Balaban J connectivity index is 2.92. The summed E-state index contributed by atoms with van der Waals surface area (Å²) in [4.78, 5) is 51.0. The quantitative estimate of drug-likeness (QED) is 0.886. The SMILES string of the molecule is CCN(CC)C(=O)n1c(C)c(C(=O)O)c(=O)n(-c2ccc(F)cc2)c1=O. The minimum absolute atomic E-state index is 0.0370. The van der Waals surface area contributed by atoms with Gasteiger partial charge in [0.2, 0.25) is 0 Å². The minimum atomic E-state index is -1.57. The van der Waals surface area contributed by atoms with Crippen molar-refractivity contribution in [3.8, 4) is 5.69 Å². The van der Waals surface area contributed by atoms with Gasteiger partial charge in [0, 0.05) is 18.8 Å². The molecule has 0 aliphatic carbocycles. The fourth-order valence-electron chi connectivity index (χ4n) is 2.63. The van der Waals surface area contributed by atoms with Gasteiger partial charge < -0.3 is 10.0 Å². The van der Waals surface area contributed by atoms with Gasteiger partial charge in [0.15, 0.2) is 0 Å². The number of rotatable bonds is 4. The van der Waals surface area contributed by atoms with Crippen LogP contribution in [0.4, 0.5) is 9.18 Å². The van der Waals surface area contributed by atoms with E-state index in [-0.39, 0.29) is 11.4 Å². The van der Waals surface area contributed by atoms with Gasteiger partial charge in [0.1, 0.15) is 11.4 Å². The molecule has 0 spiro atoms. The summed E-state index contributed by atoms with van der Waals surface area (Å²) < 4.78 is 14.4. The first-order valence-electron chi connectivity index (χ1n) is 7.91. The van der Waals surface area contributed by atoms with E-state index in [0.717, 1.165) is 24.3 Å². The fraction of sp³-hybridized carbons (Fsp3) is 0.294. The number of carbonyl (C=O) groups excluding carboxylic acids is 1. The third-order valence-corrected chi connectivity index (χ3v) is 4.02. The number of hydrogen-bond acceptors (Lipinski definition) is 4. The first-order chi connectivity index (χ1) is 12.2. The van der Waals surface area contributed by atoms with E-state index in [1.165, 1.54) is 11.8 Å². The Morgan fingerprint density at radius 1 is 1.12 bits per heavy atom. The van der Waals surface area contributed by atoms with Gasteiger partial charge in [-0.1, -0.05) is 0 Å². The number of carboxylic acid groups (broad SMARTS) is 1. The van der Waals surface area contributed by atoms with E-state index >= 15 is 0 Å². The van der Waals surface area contributed by atoms with Crippen molar-refractivity contribution < 1.29 is 19.1 Å². The maximum absolute atomic E-state index is 13.2. The molecule has 0 atom stereocenters. The van der Waals surface area contributed by atoms with Crippen molar-refractivity contribution in [1.82, 2.24) is 14.0 Å². The molecule has 1 amide bonds. The van der Waals surface area contributed by atoms with Crippen LogP contribution in [-0.2, 0) is 0 Å². The van der Waals surface area contributed by atoms with Crippen LogP contribution in [0.25, 0.3) is 5.69 Å². The average Bonchev–Trinajstić information content (AvgIpc) is 2.57. The lowest BCUT2D eigenvalue weighted by molar-refractivity contribution is 0.0692. The predicted octanol–water partition coefficient (Wildman–Crippen LogP) is 1.45. The zero-order valence-electron chi connectivity index (χ0n) is 14.5. The second kappa shape index (κ2) is 7.34. The van der Waals surface area contributed by atoms with Crippen molar-refractivity contribution in [3.63, 3.8) is 0 Å². The number of hydrogen-bond donors (Lipinski definition) is 1. The molecule has 138 valence electrons. The largest absolute Gasteiger partial charge is 0.477 e. The second-order valence-corrected chi connectivity index (χ2v) is 5.46. The van der Waals surface area contributed by atoms with E-state index in [1.54, 1.807) is 13.8 Å². The Morgan fingerprint density at radius 3 is 2.12 bits per heavy atom. The van der Waals surface area contributed by atoms with Gasteiger partial charge in [-0.05, 0) is 45.0 Å². The summed E-state index contributed by atoms with van der Waals surface area (Å²) in [7, 11) is 0. The summed E-state index contributed by atoms with van der Waals surface area (Å²) in [5, 5.41) is 9.40. The Bertz CT molecular complexity index is 972. The van der Waals surface area contributed by atoms with Gasteiger partial charge in [-0.25, -0.2) is 27.9 Å². The number of amides is 1. The highest BCUT2D eigenvalue weighted by molar-refractivity contribution is 5.90. The third kappa shape index (κ3) is 3.15. The molecule has 0 unspecified atom stereocenters. The molecule has 1 heterocycles. The summed E-state index contributed by atoms with van der Waals surface area (Å²) in [5.74, 6) is -2.16. The molecule has 2 aromatic rings. The zero-order chi connectivity index (χ0) is 19.6. The van der Waals surface area contributed by atoms with E-state index in [9.17, 15) is 28.7 Å². The molecule has 1 aromatic heterocycles. The Hall–Kier alpha value is -3.23. The summed E-state index contributed by atoms with van der Waals surface area (Å²) in [6.45, 7) is 5.22. The van der Waals surface area contributed by atoms with Gasteiger partial charge >= 0.3 is 17.7 Å². The van der Waals surface area contributed by atoms with E-state index in [1.807, 2.05) is 0 Å². The average molecular weight is 363 g/mol. The molecular formula is C17H18FN3O5. The molecule has 0 aliphatic heterocycles. The highest BCUT2D eigenvalue weighted by Gasteiger charge is 2.26. The number of aromatic nitrogens is 2. The highest BCUT2D eigenvalue weighted by atomic mass is 19.1. The summed E-state index contributed by atoms with van der Waals surface area (Å²) in [5.41, 5.74) is -3.10. The van der Waals surface area contributed by atoms with E-state index < -0.39 is 34.6 Å². The van der Waals surface area contributed by atoms with Crippen LogP contribution in [0.2, 0.25) is 0 Å². The summed E-state index contributed by atoms with van der Waals surface area (Å²) >= 11 is 0. The molecule has 0 saturated carbocycles. The van der Waals surface area contributed by atoms with Gasteiger partial charge in [0.05, 0.1) is 5.69 Å². The normalized spacial score (nSPS) is 10.6. The lowest BCUT2D eigenvalue weighted by Crippen LogP contribution is -2.49. The number of aromatic carboxylic acids is 1. The second-order valence-electron chi connectivity index (χ2n) is 5.46. The van der Waals surface area contributed by atoms with Crippen molar-refractivity contribution in [2.24, 2.45) is 0 Å². The molecule has 0 radical (unpaired) electrons. The predicted molar refractivity (Wildman–Crippen MR) is 91.7 cm³/mol. The number of carboxylic acids is 1. The first kappa shape index (κ1) is 19.1. The lowest BCUT2D eigenvalue weighted by atomic mass is 10.2. The molecule has 9 heteroatoms. The zero-order valence-corrected chi connectivity index (χ0v) is 14.5. The molecule has 0 aliphatic rings. The van der Waals surface area contributed by atoms with E-state index in [0.29, 0.717) is 22.2 Å². The van der Waals surface area contributed by atoms with Crippen molar-refractivity contribution in [2.45, 2.75) is 20.8 Å². The standard InChI is InChI=1S/C17H18FN3O5/c1-4-19(5-2)16(25)20-10(3)13(15(23)24)14(22)21(17(20)26)12-8-6-11(18)7-9-12/h6-9H,4-5H2,1-3H3,(H,23,24). The van der Waals surface area contributed by atoms with Crippen molar-refractivity contribution in [3.05, 3.63) is 62.2 Å². The number of carbonyl (C=O) groups is 2. The van der Waals surface area contributed by atoms with Crippen LogP contribution in [0, 0.1) is 12.7 Å². The van der Waals surface area contributed by atoms with Crippen LogP contribution in [-0.4, -0.2) is 44.2 Å². The molecule has 0 fully saturated rings. The molecule has 0 saturated heterocycles. The van der Waals surface area contributed by atoms with Crippen LogP contribution in [0.3, 0.4) is 0 Å². The van der Waals surface area contributed by atoms with Crippen LogP contribution in [0.1, 0.15) is 29.9 Å². The Kier molecular flexibility index (Phi) is 5.39. The molecule has 2 rings (SSSR count).